The SMILES string of the molecule is Clc1cc2nnn(CCC3CCCCN3)c2cc1Cl. The first-order valence-electron chi connectivity index (χ1n) is 6.65. The summed E-state index contributed by atoms with van der Waals surface area (Å²) in [5.74, 6) is 0. The highest BCUT2D eigenvalue weighted by Gasteiger charge is 2.14. The normalized spacial score (nSPS) is 20.0. The van der Waals surface area contributed by atoms with E-state index in [1.807, 2.05) is 10.7 Å². The molecule has 1 unspecified atom stereocenters. The molecule has 1 aliphatic heterocycles. The van der Waals surface area contributed by atoms with Crippen LogP contribution in [0.5, 0.6) is 0 Å². The summed E-state index contributed by atoms with van der Waals surface area (Å²) in [4.78, 5) is 0. The standard InChI is InChI=1S/C13H16Cl2N4/c14-10-7-12-13(8-11(10)15)19(18-17-12)6-4-9-3-1-2-5-16-9/h7-9,16H,1-6H2. The van der Waals surface area contributed by atoms with Gasteiger partial charge in [0, 0.05) is 12.6 Å². The van der Waals surface area contributed by atoms with Crippen LogP contribution in [0, 0.1) is 0 Å². The summed E-state index contributed by atoms with van der Waals surface area (Å²) in [6.45, 7) is 1.98. The number of piperidine rings is 1. The minimum absolute atomic E-state index is 0.523. The van der Waals surface area contributed by atoms with E-state index >= 15 is 0 Å². The van der Waals surface area contributed by atoms with Crippen molar-refractivity contribution in [1.29, 1.82) is 0 Å². The Morgan fingerprint density at radius 1 is 1.26 bits per heavy atom. The van der Waals surface area contributed by atoms with E-state index in [2.05, 4.69) is 15.6 Å². The van der Waals surface area contributed by atoms with Crippen LogP contribution in [0.1, 0.15) is 25.7 Å². The molecule has 0 spiro atoms. The zero-order chi connectivity index (χ0) is 13.2. The molecule has 0 amide bonds. The lowest BCUT2D eigenvalue weighted by molar-refractivity contribution is 0.361. The molecule has 0 bridgehead atoms. The summed E-state index contributed by atoms with van der Waals surface area (Å²) in [5, 5.41) is 12.9. The fraction of sp³-hybridized carbons (Fsp3) is 0.538. The summed E-state index contributed by atoms with van der Waals surface area (Å²) in [6, 6.07) is 4.20. The molecule has 0 radical (unpaired) electrons. The van der Waals surface area contributed by atoms with Gasteiger partial charge in [0.05, 0.1) is 15.6 Å². The molecule has 0 aliphatic carbocycles. The number of aromatic nitrogens is 3. The highest BCUT2D eigenvalue weighted by molar-refractivity contribution is 6.42. The summed E-state index contributed by atoms with van der Waals surface area (Å²) in [7, 11) is 0. The zero-order valence-electron chi connectivity index (χ0n) is 10.6. The topological polar surface area (TPSA) is 42.7 Å². The first-order valence-corrected chi connectivity index (χ1v) is 7.41. The van der Waals surface area contributed by atoms with Gasteiger partial charge in [-0.25, -0.2) is 4.68 Å². The number of hydrogen-bond donors (Lipinski definition) is 1. The maximum atomic E-state index is 6.05. The molecule has 2 heterocycles. The van der Waals surface area contributed by atoms with Crippen LogP contribution in [0.25, 0.3) is 11.0 Å². The van der Waals surface area contributed by atoms with Gasteiger partial charge in [-0.05, 0) is 37.9 Å². The van der Waals surface area contributed by atoms with Crippen molar-refractivity contribution in [2.45, 2.75) is 38.3 Å². The fourth-order valence-electron chi connectivity index (χ4n) is 2.58. The summed E-state index contributed by atoms with van der Waals surface area (Å²) < 4.78 is 1.91. The molecular weight excluding hydrogens is 283 g/mol. The maximum absolute atomic E-state index is 6.05. The third kappa shape index (κ3) is 2.86. The average molecular weight is 299 g/mol. The number of rotatable bonds is 3. The van der Waals surface area contributed by atoms with E-state index in [0.29, 0.717) is 16.1 Å². The predicted molar refractivity (Wildman–Crippen MR) is 77.8 cm³/mol. The van der Waals surface area contributed by atoms with E-state index in [4.69, 9.17) is 23.2 Å². The Labute approximate surface area is 122 Å². The number of hydrogen-bond acceptors (Lipinski definition) is 3. The van der Waals surface area contributed by atoms with Crippen LogP contribution in [0.3, 0.4) is 0 Å². The van der Waals surface area contributed by atoms with Crippen LogP contribution in [0.2, 0.25) is 10.0 Å². The smallest absolute Gasteiger partial charge is 0.114 e. The number of nitrogens with zero attached hydrogens (tertiary/aromatic N) is 3. The quantitative estimate of drug-likeness (QED) is 0.946. The third-order valence-corrected chi connectivity index (χ3v) is 4.38. The molecular formula is C13H16Cl2N4. The van der Waals surface area contributed by atoms with Gasteiger partial charge in [0.15, 0.2) is 0 Å². The Balaban J connectivity index is 1.75. The van der Waals surface area contributed by atoms with Crippen molar-refractivity contribution in [3.8, 4) is 0 Å². The first-order chi connectivity index (χ1) is 9.24. The van der Waals surface area contributed by atoms with E-state index in [-0.39, 0.29) is 0 Å². The van der Waals surface area contributed by atoms with Crippen LogP contribution in [-0.2, 0) is 6.54 Å². The van der Waals surface area contributed by atoms with Gasteiger partial charge in [0.25, 0.3) is 0 Å². The van der Waals surface area contributed by atoms with Gasteiger partial charge in [-0.15, -0.1) is 5.10 Å². The van der Waals surface area contributed by atoms with Gasteiger partial charge >= 0.3 is 0 Å². The molecule has 1 aromatic heterocycles. The molecule has 1 aromatic carbocycles. The Morgan fingerprint density at radius 3 is 2.89 bits per heavy atom. The van der Waals surface area contributed by atoms with Crippen molar-refractivity contribution in [3.05, 3.63) is 22.2 Å². The number of fused-ring (bicyclic) bond motifs is 1. The van der Waals surface area contributed by atoms with Crippen LogP contribution in [0.15, 0.2) is 12.1 Å². The van der Waals surface area contributed by atoms with Gasteiger partial charge < -0.3 is 5.32 Å². The number of benzene rings is 1. The lowest BCUT2D eigenvalue weighted by atomic mass is 10.0. The molecule has 1 saturated heterocycles. The van der Waals surface area contributed by atoms with Crippen molar-refractivity contribution < 1.29 is 0 Å². The highest BCUT2D eigenvalue weighted by Crippen LogP contribution is 2.26. The highest BCUT2D eigenvalue weighted by atomic mass is 35.5. The lowest BCUT2D eigenvalue weighted by Crippen LogP contribution is -2.34. The van der Waals surface area contributed by atoms with Gasteiger partial charge in [0.1, 0.15) is 5.52 Å². The van der Waals surface area contributed by atoms with E-state index < -0.39 is 0 Å². The fourth-order valence-corrected chi connectivity index (χ4v) is 2.89. The molecule has 2 aromatic rings. The Morgan fingerprint density at radius 2 is 2.11 bits per heavy atom. The summed E-state index contributed by atoms with van der Waals surface area (Å²) in [6.07, 6.45) is 4.92. The molecule has 1 N–H and O–H groups in total. The van der Waals surface area contributed by atoms with Crippen LogP contribution in [-0.4, -0.2) is 27.6 Å². The van der Waals surface area contributed by atoms with Crippen molar-refractivity contribution >= 4 is 34.2 Å². The van der Waals surface area contributed by atoms with Crippen molar-refractivity contribution in [3.63, 3.8) is 0 Å². The minimum Gasteiger partial charge on any atom is -0.314 e. The molecule has 1 aliphatic rings. The number of aryl methyl sites for hydroxylation is 1. The molecule has 1 atom stereocenters. The second-order valence-electron chi connectivity index (χ2n) is 5.00. The second kappa shape index (κ2) is 5.65. The van der Waals surface area contributed by atoms with Gasteiger partial charge in [-0.3, -0.25) is 0 Å². The molecule has 4 nitrogen and oxygen atoms in total. The average Bonchev–Trinajstić information content (AvgIpc) is 2.80. The first kappa shape index (κ1) is 13.2. The maximum Gasteiger partial charge on any atom is 0.114 e. The third-order valence-electron chi connectivity index (χ3n) is 3.66. The Bertz CT molecular complexity index is 575. The molecule has 19 heavy (non-hydrogen) atoms. The molecule has 1 fully saturated rings. The lowest BCUT2D eigenvalue weighted by Gasteiger charge is -2.23. The molecule has 0 saturated carbocycles. The van der Waals surface area contributed by atoms with Crippen LogP contribution < -0.4 is 5.32 Å². The Hall–Kier alpha value is -0.840. The van der Waals surface area contributed by atoms with E-state index in [9.17, 15) is 0 Å². The van der Waals surface area contributed by atoms with Gasteiger partial charge in [0.2, 0.25) is 0 Å². The van der Waals surface area contributed by atoms with Crippen molar-refractivity contribution in [2.24, 2.45) is 0 Å². The number of nitrogens with one attached hydrogen (secondary N) is 1. The second-order valence-corrected chi connectivity index (χ2v) is 5.82. The Kier molecular flexibility index (Phi) is 3.91. The van der Waals surface area contributed by atoms with Crippen LogP contribution >= 0.6 is 23.2 Å². The molecule has 6 heteroatoms. The van der Waals surface area contributed by atoms with E-state index in [0.717, 1.165) is 30.5 Å². The van der Waals surface area contributed by atoms with E-state index in [1.54, 1.807) is 6.07 Å². The summed E-state index contributed by atoms with van der Waals surface area (Å²) in [5.41, 5.74) is 1.75. The summed E-state index contributed by atoms with van der Waals surface area (Å²) >= 11 is 12.0. The van der Waals surface area contributed by atoms with Gasteiger partial charge in [-0.1, -0.05) is 34.8 Å². The number of halogens is 2. The van der Waals surface area contributed by atoms with Crippen LogP contribution in [0.4, 0.5) is 0 Å². The molecule has 102 valence electrons. The predicted octanol–water partition coefficient (Wildman–Crippen LogP) is 3.27. The monoisotopic (exact) mass is 298 g/mol. The molecule has 3 rings (SSSR count). The largest absolute Gasteiger partial charge is 0.314 e. The van der Waals surface area contributed by atoms with Crippen molar-refractivity contribution in [2.75, 3.05) is 6.54 Å². The minimum atomic E-state index is 0.523. The van der Waals surface area contributed by atoms with E-state index in [1.165, 1.54) is 19.3 Å². The van der Waals surface area contributed by atoms with Crippen molar-refractivity contribution in [1.82, 2.24) is 20.3 Å². The zero-order valence-corrected chi connectivity index (χ0v) is 12.1. The van der Waals surface area contributed by atoms with Gasteiger partial charge in [-0.2, -0.15) is 0 Å².